The van der Waals surface area contributed by atoms with E-state index in [9.17, 15) is 14.4 Å². The first-order valence-electron chi connectivity index (χ1n) is 6.60. The largest absolute Gasteiger partial charge is 0.333 e. The Labute approximate surface area is 108 Å². The van der Waals surface area contributed by atoms with Crippen LogP contribution in [0.1, 0.15) is 46.5 Å². The predicted molar refractivity (Wildman–Crippen MR) is 67.8 cm³/mol. The molecule has 0 aromatic carbocycles. The first-order valence-corrected chi connectivity index (χ1v) is 6.60. The Balaban J connectivity index is 3.11. The minimum absolute atomic E-state index is 0.325. The summed E-state index contributed by atoms with van der Waals surface area (Å²) in [6, 6.07) is -0.490. The van der Waals surface area contributed by atoms with E-state index in [1.54, 1.807) is 0 Å². The van der Waals surface area contributed by atoms with Gasteiger partial charge in [-0.3, -0.25) is 19.4 Å². The van der Waals surface area contributed by atoms with Gasteiger partial charge < -0.3 is 0 Å². The number of hydrogen-bond donors (Lipinski definition) is 0. The number of carbonyl (C=O) groups excluding carboxylic acids is 3. The van der Waals surface area contributed by atoms with Crippen LogP contribution in [0.3, 0.4) is 0 Å². The van der Waals surface area contributed by atoms with Crippen LogP contribution in [0.4, 0.5) is 4.79 Å². The van der Waals surface area contributed by atoms with Gasteiger partial charge in [-0.15, -0.1) is 0 Å². The van der Waals surface area contributed by atoms with E-state index in [-0.39, 0.29) is 11.8 Å². The van der Waals surface area contributed by atoms with Crippen LogP contribution >= 0.6 is 0 Å². The van der Waals surface area contributed by atoms with Gasteiger partial charge in [0, 0.05) is 13.6 Å². The van der Waals surface area contributed by atoms with Gasteiger partial charge in [-0.05, 0) is 19.3 Å². The molecular formula is C13H22N2O3. The normalized spacial score (nSPS) is 19.7. The number of imide groups is 2. The van der Waals surface area contributed by atoms with Crippen molar-refractivity contribution in [3.05, 3.63) is 0 Å². The van der Waals surface area contributed by atoms with Crippen LogP contribution in [0.5, 0.6) is 0 Å². The summed E-state index contributed by atoms with van der Waals surface area (Å²) in [5, 5.41) is 0. The maximum absolute atomic E-state index is 12.4. The molecule has 0 aromatic rings. The summed E-state index contributed by atoms with van der Waals surface area (Å²) in [6.45, 7) is 6.04. The molecule has 4 amide bonds. The van der Waals surface area contributed by atoms with E-state index in [2.05, 4.69) is 0 Å². The summed E-state index contributed by atoms with van der Waals surface area (Å²) in [4.78, 5) is 38.9. The zero-order chi connectivity index (χ0) is 13.9. The molecule has 1 rings (SSSR count). The molecule has 0 radical (unpaired) electrons. The lowest BCUT2D eigenvalue weighted by molar-refractivity contribution is -0.158. The second kappa shape index (κ2) is 5.50. The summed E-state index contributed by atoms with van der Waals surface area (Å²) in [6.07, 6.45) is 2.53. The Hall–Kier alpha value is -1.39. The molecule has 1 heterocycles. The number of rotatable bonds is 5. The molecule has 1 aliphatic heterocycles. The van der Waals surface area contributed by atoms with Crippen molar-refractivity contribution in [3.8, 4) is 0 Å². The quantitative estimate of drug-likeness (QED) is 0.705. The molecule has 0 unspecified atom stereocenters. The molecular weight excluding hydrogens is 232 g/mol. The van der Waals surface area contributed by atoms with E-state index >= 15 is 0 Å². The average Bonchev–Trinajstić information content (AvgIpc) is 2.38. The van der Waals surface area contributed by atoms with Crippen LogP contribution < -0.4 is 0 Å². The van der Waals surface area contributed by atoms with Gasteiger partial charge in [0.25, 0.3) is 0 Å². The van der Waals surface area contributed by atoms with Crippen LogP contribution in [0.25, 0.3) is 0 Å². The minimum Gasteiger partial charge on any atom is -0.273 e. The fourth-order valence-corrected chi connectivity index (χ4v) is 2.39. The van der Waals surface area contributed by atoms with Gasteiger partial charge in [-0.2, -0.15) is 0 Å². The minimum atomic E-state index is -1.05. The van der Waals surface area contributed by atoms with Crippen LogP contribution in [-0.2, 0) is 9.59 Å². The molecule has 5 nitrogen and oxygen atoms in total. The molecule has 0 aromatic heterocycles. The van der Waals surface area contributed by atoms with Crippen molar-refractivity contribution >= 4 is 17.8 Å². The maximum Gasteiger partial charge on any atom is 0.333 e. The van der Waals surface area contributed by atoms with Crippen molar-refractivity contribution in [1.29, 1.82) is 0 Å². The third-order valence-corrected chi connectivity index (χ3v) is 3.83. The SMILES string of the molecule is CCCCN1C(=O)N(C)C(=O)C(CC)(CC)C1=O. The van der Waals surface area contributed by atoms with Gasteiger partial charge in [-0.1, -0.05) is 27.2 Å². The molecule has 0 bridgehead atoms. The van der Waals surface area contributed by atoms with Crippen molar-refractivity contribution < 1.29 is 14.4 Å². The molecule has 102 valence electrons. The highest BCUT2D eigenvalue weighted by atomic mass is 16.2. The lowest BCUT2D eigenvalue weighted by Crippen LogP contribution is -2.63. The van der Waals surface area contributed by atoms with Crippen LogP contribution in [0.2, 0.25) is 0 Å². The van der Waals surface area contributed by atoms with Gasteiger partial charge in [0.15, 0.2) is 0 Å². The molecule has 5 heteroatoms. The smallest absolute Gasteiger partial charge is 0.273 e. The third-order valence-electron chi connectivity index (χ3n) is 3.83. The third kappa shape index (κ3) is 2.02. The second-order valence-electron chi connectivity index (χ2n) is 4.75. The number of amides is 4. The number of hydrogen-bond acceptors (Lipinski definition) is 3. The Morgan fingerprint density at radius 2 is 1.56 bits per heavy atom. The molecule has 0 saturated carbocycles. The van der Waals surface area contributed by atoms with Crippen molar-refractivity contribution in [1.82, 2.24) is 9.80 Å². The summed E-state index contributed by atoms with van der Waals surface area (Å²) in [7, 11) is 1.45. The zero-order valence-electron chi connectivity index (χ0n) is 11.7. The molecule has 0 aliphatic carbocycles. The summed E-state index contributed by atoms with van der Waals surface area (Å²) in [5.41, 5.74) is -1.05. The monoisotopic (exact) mass is 254 g/mol. The highest BCUT2D eigenvalue weighted by Crippen LogP contribution is 2.35. The Morgan fingerprint density at radius 1 is 1.00 bits per heavy atom. The highest BCUT2D eigenvalue weighted by molar-refractivity contribution is 6.18. The van der Waals surface area contributed by atoms with Gasteiger partial charge >= 0.3 is 6.03 Å². The predicted octanol–water partition coefficient (Wildman–Crippen LogP) is 2.01. The van der Waals surface area contributed by atoms with Crippen LogP contribution in [-0.4, -0.2) is 41.2 Å². The molecule has 0 spiro atoms. The van der Waals surface area contributed by atoms with Gasteiger partial charge in [-0.25, -0.2) is 4.79 Å². The van der Waals surface area contributed by atoms with E-state index in [1.807, 2.05) is 20.8 Å². The van der Waals surface area contributed by atoms with Crippen LogP contribution in [0, 0.1) is 5.41 Å². The maximum atomic E-state index is 12.4. The zero-order valence-corrected chi connectivity index (χ0v) is 11.7. The molecule has 18 heavy (non-hydrogen) atoms. The van der Waals surface area contributed by atoms with Gasteiger partial charge in [0.2, 0.25) is 11.8 Å². The van der Waals surface area contributed by atoms with Crippen molar-refractivity contribution in [2.24, 2.45) is 5.41 Å². The van der Waals surface area contributed by atoms with E-state index in [0.717, 1.165) is 17.7 Å². The van der Waals surface area contributed by atoms with Crippen molar-refractivity contribution in [2.45, 2.75) is 46.5 Å². The van der Waals surface area contributed by atoms with E-state index < -0.39 is 11.4 Å². The average molecular weight is 254 g/mol. The Kier molecular flexibility index (Phi) is 4.48. The van der Waals surface area contributed by atoms with E-state index in [1.165, 1.54) is 11.9 Å². The second-order valence-corrected chi connectivity index (χ2v) is 4.75. The van der Waals surface area contributed by atoms with E-state index in [0.29, 0.717) is 19.4 Å². The number of carbonyl (C=O) groups is 3. The summed E-state index contributed by atoms with van der Waals surface area (Å²) >= 11 is 0. The van der Waals surface area contributed by atoms with Crippen molar-refractivity contribution in [2.75, 3.05) is 13.6 Å². The molecule has 1 fully saturated rings. The molecule has 0 atom stereocenters. The lowest BCUT2D eigenvalue weighted by Gasteiger charge is -2.42. The summed E-state index contributed by atoms with van der Waals surface area (Å²) < 4.78 is 0. The first kappa shape index (κ1) is 14.7. The Morgan fingerprint density at radius 3 is 2.00 bits per heavy atom. The fraction of sp³-hybridized carbons (Fsp3) is 0.769. The van der Waals surface area contributed by atoms with E-state index in [4.69, 9.17) is 0 Å². The van der Waals surface area contributed by atoms with Gasteiger partial charge in [0.1, 0.15) is 5.41 Å². The fourth-order valence-electron chi connectivity index (χ4n) is 2.39. The lowest BCUT2D eigenvalue weighted by atomic mass is 9.78. The number of nitrogens with zero attached hydrogens (tertiary/aromatic N) is 2. The number of barbiturate groups is 1. The number of urea groups is 1. The topological polar surface area (TPSA) is 57.7 Å². The molecule has 1 aliphatic rings. The molecule has 0 N–H and O–H groups in total. The van der Waals surface area contributed by atoms with Crippen molar-refractivity contribution in [3.63, 3.8) is 0 Å². The molecule has 1 saturated heterocycles. The highest BCUT2D eigenvalue weighted by Gasteiger charge is 2.53. The number of unbranched alkanes of at least 4 members (excludes halogenated alkanes) is 1. The standard InChI is InChI=1S/C13H22N2O3/c1-5-8-9-15-11(17)13(6-2,7-3)10(16)14(4)12(15)18/h5-9H2,1-4H3. The Bertz CT molecular complexity index is 361. The van der Waals surface area contributed by atoms with Crippen LogP contribution in [0.15, 0.2) is 0 Å². The summed E-state index contributed by atoms with van der Waals surface area (Å²) in [5.74, 6) is -0.690. The van der Waals surface area contributed by atoms with Gasteiger partial charge in [0.05, 0.1) is 0 Å². The first-order chi connectivity index (χ1) is 8.46.